The summed E-state index contributed by atoms with van der Waals surface area (Å²) in [4.78, 5) is 15.3. The van der Waals surface area contributed by atoms with E-state index in [1.165, 1.54) is 5.69 Å². The number of H-pyrrole nitrogens is 1. The highest BCUT2D eigenvalue weighted by Gasteiger charge is 2.18. The van der Waals surface area contributed by atoms with Gasteiger partial charge in [0.05, 0.1) is 10.9 Å². The van der Waals surface area contributed by atoms with Crippen molar-refractivity contribution in [2.45, 2.75) is 40.0 Å². The lowest BCUT2D eigenvalue weighted by atomic mass is 10.1. The topological polar surface area (TPSA) is 82.9 Å². The second kappa shape index (κ2) is 8.36. The van der Waals surface area contributed by atoms with Crippen molar-refractivity contribution in [3.05, 3.63) is 24.0 Å². The number of nitrogens with one attached hydrogen (secondary N) is 2. The number of fused-ring (bicyclic) bond motifs is 3. The molecule has 3 heterocycles. The van der Waals surface area contributed by atoms with Crippen molar-refractivity contribution < 1.29 is 0 Å². The Hall–Kier alpha value is -2.34. The third-order valence-electron chi connectivity index (χ3n) is 4.73. The molecule has 0 radical (unpaired) electrons. The molecular formula is C20H30N6. The van der Waals surface area contributed by atoms with E-state index >= 15 is 0 Å². The van der Waals surface area contributed by atoms with Crippen molar-refractivity contribution in [3.8, 4) is 0 Å². The van der Waals surface area contributed by atoms with Crippen molar-refractivity contribution in [1.29, 1.82) is 0 Å². The Labute approximate surface area is 155 Å². The van der Waals surface area contributed by atoms with Gasteiger partial charge in [-0.05, 0) is 18.6 Å². The molecule has 0 saturated carbocycles. The molecule has 0 bridgehead atoms. The molecule has 140 valence electrons. The maximum atomic E-state index is 6.19. The molecule has 0 spiro atoms. The second-order valence-corrected chi connectivity index (χ2v) is 6.42. The number of unbranched alkanes of at least 4 members (excludes halogenated alkanes) is 1. The van der Waals surface area contributed by atoms with Crippen LogP contribution in [0.3, 0.4) is 0 Å². The number of hydrogen-bond acceptors (Lipinski definition) is 5. The third-order valence-corrected chi connectivity index (χ3v) is 4.73. The predicted octanol–water partition coefficient (Wildman–Crippen LogP) is 3.47. The average molecular weight is 355 g/mol. The van der Waals surface area contributed by atoms with Gasteiger partial charge in [-0.25, -0.2) is 9.97 Å². The number of anilines is 2. The fourth-order valence-electron chi connectivity index (χ4n) is 3.47. The summed E-state index contributed by atoms with van der Waals surface area (Å²) in [5, 5.41) is 4.52. The van der Waals surface area contributed by atoms with Crippen LogP contribution in [0.5, 0.6) is 0 Å². The molecule has 6 nitrogen and oxygen atoms in total. The Bertz CT molecular complexity index is 863. The van der Waals surface area contributed by atoms with Gasteiger partial charge in [-0.15, -0.1) is 0 Å². The van der Waals surface area contributed by atoms with Gasteiger partial charge in [0.2, 0.25) is 0 Å². The van der Waals surface area contributed by atoms with Crippen LogP contribution in [0.4, 0.5) is 11.5 Å². The molecular weight excluding hydrogens is 324 g/mol. The lowest BCUT2D eigenvalue weighted by molar-refractivity contribution is 0.590. The number of rotatable bonds is 4. The van der Waals surface area contributed by atoms with Crippen LogP contribution < -0.4 is 16.0 Å². The van der Waals surface area contributed by atoms with Gasteiger partial charge >= 0.3 is 0 Å². The molecule has 2 aromatic heterocycles. The maximum absolute atomic E-state index is 6.19. The molecule has 0 aliphatic carbocycles. The van der Waals surface area contributed by atoms with Crippen molar-refractivity contribution >= 4 is 33.4 Å². The highest BCUT2D eigenvalue weighted by molar-refractivity contribution is 6.12. The fourth-order valence-corrected chi connectivity index (χ4v) is 3.47. The van der Waals surface area contributed by atoms with Crippen LogP contribution in [-0.4, -0.2) is 41.1 Å². The number of aromatic nitrogens is 3. The summed E-state index contributed by atoms with van der Waals surface area (Å²) in [6.07, 6.45) is 3.22. The summed E-state index contributed by atoms with van der Waals surface area (Å²) >= 11 is 0. The lowest BCUT2D eigenvalue weighted by Gasteiger charge is -2.30. The van der Waals surface area contributed by atoms with Crippen LogP contribution in [0.1, 0.15) is 39.4 Å². The smallest absolute Gasteiger partial charge is 0.150 e. The predicted molar refractivity (Wildman–Crippen MR) is 111 cm³/mol. The summed E-state index contributed by atoms with van der Waals surface area (Å²) in [5.74, 6) is 1.54. The fraction of sp³-hybridized carbons (Fsp3) is 0.500. The third kappa shape index (κ3) is 3.46. The zero-order valence-corrected chi connectivity index (χ0v) is 16.1. The number of benzene rings is 1. The van der Waals surface area contributed by atoms with E-state index in [9.17, 15) is 0 Å². The number of imidazole rings is 1. The van der Waals surface area contributed by atoms with Gasteiger partial charge in [-0.3, -0.25) is 0 Å². The standard InChI is InChI=1S/C18H24N6.C2H6/c1-2-3-7-14-22-16-15-12(21-18(19)17(16)23-14)5-4-6-13(15)24-10-8-20-9-11-24;1-2/h4-6,20H,2-3,7-11H2,1H3,(H2,19,21)(H,22,23);1-2H3. The number of nitrogen functional groups attached to an aromatic ring is 1. The molecule has 0 unspecified atom stereocenters. The van der Waals surface area contributed by atoms with E-state index in [1.54, 1.807) is 0 Å². The number of nitrogens with zero attached hydrogens (tertiary/aromatic N) is 3. The van der Waals surface area contributed by atoms with Crippen molar-refractivity contribution in [1.82, 2.24) is 20.3 Å². The first-order chi connectivity index (χ1) is 12.8. The van der Waals surface area contributed by atoms with E-state index in [4.69, 9.17) is 10.7 Å². The SMILES string of the molecule is CC.CCCCc1nc2c([nH]1)c(N)nc1cccc(N3CCNCC3)c12. The Kier molecular flexibility index (Phi) is 5.93. The normalized spacial score (nSPS) is 14.5. The molecule has 1 fully saturated rings. The van der Waals surface area contributed by atoms with Crippen LogP contribution in [0, 0.1) is 0 Å². The maximum Gasteiger partial charge on any atom is 0.150 e. The number of pyridine rings is 1. The van der Waals surface area contributed by atoms with Crippen LogP contribution >= 0.6 is 0 Å². The Balaban J connectivity index is 0.000000948. The molecule has 4 rings (SSSR count). The number of nitrogens with two attached hydrogens (primary N) is 1. The average Bonchev–Trinajstić information content (AvgIpc) is 3.13. The van der Waals surface area contributed by atoms with Crippen molar-refractivity contribution in [3.63, 3.8) is 0 Å². The van der Waals surface area contributed by atoms with Crippen LogP contribution in [-0.2, 0) is 6.42 Å². The molecule has 1 aromatic carbocycles. The molecule has 6 heteroatoms. The van der Waals surface area contributed by atoms with Gasteiger partial charge in [0, 0.05) is 38.3 Å². The number of aryl methyl sites for hydroxylation is 1. The van der Waals surface area contributed by atoms with E-state index < -0.39 is 0 Å². The molecule has 1 saturated heterocycles. The van der Waals surface area contributed by atoms with E-state index in [2.05, 4.69) is 39.2 Å². The molecule has 1 aliphatic heterocycles. The largest absolute Gasteiger partial charge is 0.382 e. The minimum absolute atomic E-state index is 0.533. The molecule has 3 aromatic rings. The quantitative estimate of drug-likeness (QED) is 0.668. The highest BCUT2D eigenvalue weighted by Crippen LogP contribution is 2.34. The van der Waals surface area contributed by atoms with Crippen LogP contribution in [0.15, 0.2) is 18.2 Å². The van der Waals surface area contributed by atoms with Crippen LogP contribution in [0.2, 0.25) is 0 Å². The number of piperazine rings is 1. The summed E-state index contributed by atoms with van der Waals surface area (Å²) < 4.78 is 0. The minimum atomic E-state index is 0.533. The molecule has 26 heavy (non-hydrogen) atoms. The number of hydrogen-bond donors (Lipinski definition) is 3. The van der Waals surface area contributed by atoms with E-state index in [1.807, 2.05) is 19.9 Å². The first-order valence-electron chi connectivity index (χ1n) is 9.80. The van der Waals surface area contributed by atoms with E-state index in [0.717, 1.165) is 73.2 Å². The first kappa shape index (κ1) is 18.5. The van der Waals surface area contributed by atoms with Crippen molar-refractivity contribution in [2.75, 3.05) is 36.8 Å². The van der Waals surface area contributed by atoms with E-state index in [0.29, 0.717) is 5.82 Å². The lowest BCUT2D eigenvalue weighted by Crippen LogP contribution is -2.43. The van der Waals surface area contributed by atoms with Gasteiger partial charge in [0.15, 0.2) is 0 Å². The molecule has 1 aliphatic rings. The number of aromatic amines is 1. The van der Waals surface area contributed by atoms with E-state index in [-0.39, 0.29) is 0 Å². The molecule has 0 atom stereocenters. The van der Waals surface area contributed by atoms with Gasteiger partial charge in [0.1, 0.15) is 22.7 Å². The van der Waals surface area contributed by atoms with Gasteiger partial charge in [0.25, 0.3) is 0 Å². The zero-order chi connectivity index (χ0) is 18.5. The van der Waals surface area contributed by atoms with Crippen LogP contribution in [0.25, 0.3) is 21.9 Å². The first-order valence-corrected chi connectivity index (χ1v) is 9.80. The van der Waals surface area contributed by atoms with Crippen molar-refractivity contribution in [2.24, 2.45) is 0 Å². The minimum Gasteiger partial charge on any atom is -0.382 e. The highest BCUT2D eigenvalue weighted by atomic mass is 15.2. The molecule has 4 N–H and O–H groups in total. The summed E-state index contributed by atoms with van der Waals surface area (Å²) in [5.41, 5.74) is 10.1. The Morgan fingerprint density at radius 3 is 2.65 bits per heavy atom. The summed E-state index contributed by atoms with van der Waals surface area (Å²) in [6, 6.07) is 6.26. The van der Waals surface area contributed by atoms with Gasteiger partial charge in [-0.2, -0.15) is 0 Å². The molecule has 0 amide bonds. The van der Waals surface area contributed by atoms with Gasteiger partial charge < -0.3 is 20.9 Å². The summed E-state index contributed by atoms with van der Waals surface area (Å²) in [7, 11) is 0. The monoisotopic (exact) mass is 354 g/mol. The zero-order valence-electron chi connectivity index (χ0n) is 16.1. The Morgan fingerprint density at radius 2 is 1.92 bits per heavy atom. The summed E-state index contributed by atoms with van der Waals surface area (Å²) in [6.45, 7) is 10.2. The second-order valence-electron chi connectivity index (χ2n) is 6.42. The Morgan fingerprint density at radius 1 is 1.15 bits per heavy atom. The van der Waals surface area contributed by atoms with Gasteiger partial charge in [-0.1, -0.05) is 33.3 Å².